The lowest BCUT2D eigenvalue weighted by Crippen LogP contribution is -2.36. The first-order valence-electron chi connectivity index (χ1n) is 11.0. The molecule has 0 spiro atoms. The molecule has 1 fully saturated rings. The fourth-order valence-electron chi connectivity index (χ4n) is 3.55. The molecular formula is C23H36N6S. The van der Waals surface area contributed by atoms with Gasteiger partial charge in [0.15, 0.2) is 5.96 Å². The lowest BCUT2D eigenvalue weighted by atomic mass is 10.1. The van der Waals surface area contributed by atoms with Gasteiger partial charge in [-0.3, -0.25) is 4.90 Å². The van der Waals surface area contributed by atoms with Gasteiger partial charge in [-0.1, -0.05) is 24.3 Å². The first-order valence-corrected chi connectivity index (χ1v) is 11.8. The van der Waals surface area contributed by atoms with Crippen LogP contribution in [0.2, 0.25) is 0 Å². The number of rotatable bonds is 7. The Kier molecular flexibility index (Phi) is 8.66. The van der Waals surface area contributed by atoms with Gasteiger partial charge >= 0.3 is 0 Å². The summed E-state index contributed by atoms with van der Waals surface area (Å²) in [5.41, 5.74) is 3.73. The molecule has 3 rings (SSSR count). The number of aliphatic imine (C=N–C) groups is 1. The van der Waals surface area contributed by atoms with Crippen molar-refractivity contribution >= 4 is 17.3 Å². The third kappa shape index (κ3) is 7.07. The average Bonchev–Trinajstić information content (AvgIpc) is 2.92. The molecule has 0 saturated carbocycles. The van der Waals surface area contributed by atoms with E-state index in [0.717, 1.165) is 42.8 Å². The van der Waals surface area contributed by atoms with E-state index in [-0.39, 0.29) is 0 Å². The molecule has 1 saturated heterocycles. The minimum absolute atomic E-state index is 0.667. The van der Waals surface area contributed by atoms with Gasteiger partial charge in [0.25, 0.3) is 0 Å². The number of hydrogen-bond donors (Lipinski definition) is 2. The van der Waals surface area contributed by atoms with Crippen molar-refractivity contribution in [1.29, 1.82) is 0 Å². The van der Waals surface area contributed by atoms with Gasteiger partial charge in [0, 0.05) is 31.1 Å². The second-order valence-electron chi connectivity index (χ2n) is 8.05. The molecule has 0 radical (unpaired) electrons. The first kappa shape index (κ1) is 22.7. The summed E-state index contributed by atoms with van der Waals surface area (Å²) in [5, 5.41) is 7.82. The summed E-state index contributed by atoms with van der Waals surface area (Å²) in [6.07, 6.45) is 1.25. The zero-order valence-electron chi connectivity index (χ0n) is 18.9. The van der Waals surface area contributed by atoms with Crippen molar-refractivity contribution in [2.75, 3.05) is 39.8 Å². The van der Waals surface area contributed by atoms with Crippen LogP contribution in [0.5, 0.6) is 0 Å². The zero-order chi connectivity index (χ0) is 21.3. The fourth-order valence-corrected chi connectivity index (χ4v) is 4.43. The molecule has 0 unspecified atom stereocenters. The van der Waals surface area contributed by atoms with Gasteiger partial charge in [-0.05, 0) is 58.5 Å². The van der Waals surface area contributed by atoms with E-state index in [0.29, 0.717) is 13.1 Å². The molecule has 7 heteroatoms. The van der Waals surface area contributed by atoms with Gasteiger partial charge in [-0.25, -0.2) is 9.98 Å². The standard InChI is InChI=1S/C23H36N6S/c1-5-24-23(26-16-22-27-18(2)19(3)30-22)25-15-20-7-9-21(10-8-20)17-29-12-6-11-28(4)13-14-29/h7-10H,5-6,11-17H2,1-4H3,(H2,24,25,26). The molecule has 0 amide bonds. The highest BCUT2D eigenvalue weighted by Gasteiger charge is 2.12. The molecule has 0 atom stereocenters. The van der Waals surface area contributed by atoms with Crippen LogP contribution in [0.4, 0.5) is 0 Å². The van der Waals surface area contributed by atoms with Crippen LogP contribution in [0.3, 0.4) is 0 Å². The normalized spacial score (nSPS) is 16.5. The van der Waals surface area contributed by atoms with Gasteiger partial charge < -0.3 is 15.5 Å². The molecule has 1 aromatic heterocycles. The first-order chi connectivity index (χ1) is 14.5. The summed E-state index contributed by atoms with van der Waals surface area (Å²) < 4.78 is 0. The highest BCUT2D eigenvalue weighted by atomic mass is 32.1. The van der Waals surface area contributed by atoms with E-state index in [1.165, 1.54) is 35.5 Å². The van der Waals surface area contributed by atoms with Gasteiger partial charge in [-0.2, -0.15) is 0 Å². The second-order valence-corrected chi connectivity index (χ2v) is 9.34. The molecule has 2 aromatic rings. The topological polar surface area (TPSA) is 55.8 Å². The number of nitrogens with zero attached hydrogens (tertiary/aromatic N) is 4. The van der Waals surface area contributed by atoms with Crippen LogP contribution in [-0.2, 0) is 19.6 Å². The molecule has 2 N–H and O–H groups in total. The molecule has 6 nitrogen and oxygen atoms in total. The molecule has 30 heavy (non-hydrogen) atoms. The van der Waals surface area contributed by atoms with E-state index in [2.05, 4.69) is 77.5 Å². The van der Waals surface area contributed by atoms with Gasteiger partial charge in [-0.15, -0.1) is 11.3 Å². The molecular weight excluding hydrogens is 392 g/mol. The van der Waals surface area contributed by atoms with Crippen LogP contribution in [0, 0.1) is 13.8 Å². The van der Waals surface area contributed by atoms with Crippen LogP contribution < -0.4 is 10.6 Å². The Morgan fingerprint density at radius 1 is 1.07 bits per heavy atom. The minimum atomic E-state index is 0.667. The van der Waals surface area contributed by atoms with E-state index in [1.54, 1.807) is 11.3 Å². The summed E-state index contributed by atoms with van der Waals surface area (Å²) in [5.74, 6) is 0.834. The number of benzene rings is 1. The third-order valence-corrected chi connectivity index (χ3v) is 6.56. The van der Waals surface area contributed by atoms with Gasteiger partial charge in [0.2, 0.25) is 0 Å². The maximum Gasteiger partial charge on any atom is 0.191 e. The van der Waals surface area contributed by atoms with Crippen molar-refractivity contribution in [3.8, 4) is 0 Å². The van der Waals surface area contributed by atoms with Crippen LogP contribution in [0.1, 0.15) is 40.1 Å². The van der Waals surface area contributed by atoms with Crippen molar-refractivity contribution < 1.29 is 0 Å². The Hall–Kier alpha value is -1.96. The number of guanidine groups is 1. The van der Waals surface area contributed by atoms with E-state index < -0.39 is 0 Å². The summed E-state index contributed by atoms with van der Waals surface area (Å²) >= 11 is 1.74. The van der Waals surface area contributed by atoms with E-state index >= 15 is 0 Å². The molecule has 0 aliphatic carbocycles. The molecule has 2 heterocycles. The molecule has 1 aliphatic rings. The van der Waals surface area contributed by atoms with E-state index in [1.807, 2.05) is 0 Å². The highest BCUT2D eigenvalue weighted by molar-refractivity contribution is 7.11. The number of thiazole rings is 1. The smallest absolute Gasteiger partial charge is 0.191 e. The number of aromatic nitrogens is 1. The van der Waals surface area contributed by atoms with Crippen molar-refractivity contribution in [2.45, 2.75) is 46.8 Å². The predicted octanol–water partition coefficient (Wildman–Crippen LogP) is 3.15. The Labute approximate surface area is 185 Å². The maximum atomic E-state index is 4.75. The Balaban J connectivity index is 1.52. The lowest BCUT2D eigenvalue weighted by molar-refractivity contribution is 0.269. The monoisotopic (exact) mass is 428 g/mol. The second kappa shape index (κ2) is 11.4. The number of aryl methyl sites for hydroxylation is 2. The third-order valence-electron chi connectivity index (χ3n) is 5.49. The van der Waals surface area contributed by atoms with E-state index in [9.17, 15) is 0 Å². The predicted molar refractivity (Wildman–Crippen MR) is 127 cm³/mol. The largest absolute Gasteiger partial charge is 0.357 e. The fraction of sp³-hybridized carbons (Fsp3) is 0.565. The Morgan fingerprint density at radius 2 is 1.83 bits per heavy atom. The number of hydrogen-bond acceptors (Lipinski definition) is 5. The Morgan fingerprint density at radius 3 is 2.53 bits per heavy atom. The van der Waals surface area contributed by atoms with Crippen LogP contribution >= 0.6 is 11.3 Å². The summed E-state index contributed by atoms with van der Waals surface area (Å²) in [7, 11) is 2.22. The lowest BCUT2D eigenvalue weighted by Gasteiger charge is -2.20. The van der Waals surface area contributed by atoms with Crippen molar-refractivity contribution in [1.82, 2.24) is 25.4 Å². The average molecular weight is 429 g/mol. The molecule has 1 aromatic carbocycles. The van der Waals surface area contributed by atoms with Crippen LogP contribution in [0.15, 0.2) is 29.3 Å². The number of nitrogens with one attached hydrogen (secondary N) is 2. The van der Waals surface area contributed by atoms with Gasteiger partial charge in [0.05, 0.1) is 18.8 Å². The molecule has 1 aliphatic heterocycles. The molecule has 0 bridgehead atoms. The highest BCUT2D eigenvalue weighted by Crippen LogP contribution is 2.16. The van der Waals surface area contributed by atoms with Crippen molar-refractivity contribution in [3.63, 3.8) is 0 Å². The number of likely N-dealkylation sites (N-methyl/N-ethyl adjacent to an activating group) is 1. The SMILES string of the molecule is CCNC(=NCc1ccc(CN2CCCN(C)CC2)cc1)NCc1nc(C)c(C)s1. The summed E-state index contributed by atoms with van der Waals surface area (Å²) in [4.78, 5) is 15.6. The Bertz CT molecular complexity index is 794. The van der Waals surface area contributed by atoms with Crippen molar-refractivity contribution in [3.05, 3.63) is 51.0 Å². The van der Waals surface area contributed by atoms with Gasteiger partial charge in [0.1, 0.15) is 5.01 Å². The summed E-state index contributed by atoms with van der Waals surface area (Å²) in [6, 6.07) is 8.92. The maximum absolute atomic E-state index is 4.75. The van der Waals surface area contributed by atoms with Crippen LogP contribution in [0.25, 0.3) is 0 Å². The minimum Gasteiger partial charge on any atom is -0.357 e. The summed E-state index contributed by atoms with van der Waals surface area (Å²) in [6.45, 7) is 14.2. The van der Waals surface area contributed by atoms with E-state index in [4.69, 9.17) is 4.99 Å². The van der Waals surface area contributed by atoms with Crippen molar-refractivity contribution in [2.24, 2.45) is 4.99 Å². The molecule has 164 valence electrons. The zero-order valence-corrected chi connectivity index (χ0v) is 19.7. The quantitative estimate of drug-likeness (QED) is 0.524. The van der Waals surface area contributed by atoms with Crippen LogP contribution in [-0.4, -0.2) is 60.5 Å².